The van der Waals surface area contributed by atoms with Crippen LogP contribution in [0.15, 0.2) is 48.5 Å². The molecule has 2 aromatic carbocycles. The van der Waals surface area contributed by atoms with Crippen molar-refractivity contribution in [2.75, 3.05) is 6.54 Å². The highest BCUT2D eigenvalue weighted by Crippen LogP contribution is 2.19. The molecular weight excluding hydrogens is 406 g/mol. The van der Waals surface area contributed by atoms with Crippen molar-refractivity contribution in [1.82, 2.24) is 14.9 Å². The van der Waals surface area contributed by atoms with E-state index < -0.39 is 0 Å². The number of fused-ring (bicyclic) bond motifs is 1. The van der Waals surface area contributed by atoms with E-state index in [0.717, 1.165) is 37.7 Å². The molecule has 31 heavy (non-hydrogen) atoms. The van der Waals surface area contributed by atoms with Gasteiger partial charge in [0, 0.05) is 30.1 Å². The molecule has 0 bridgehead atoms. The van der Waals surface area contributed by atoms with Crippen LogP contribution in [0, 0.1) is 0 Å². The molecular formula is C26H34ClN3O. The molecule has 0 fully saturated rings. The molecule has 1 amide bonds. The molecule has 0 radical (unpaired) electrons. The summed E-state index contributed by atoms with van der Waals surface area (Å²) in [6.07, 6.45) is 10.5. The Morgan fingerprint density at radius 2 is 1.68 bits per heavy atom. The average Bonchev–Trinajstić information content (AvgIpc) is 3.13. The lowest BCUT2D eigenvalue weighted by Gasteiger charge is -2.10. The third kappa shape index (κ3) is 7.10. The zero-order chi connectivity index (χ0) is 21.9. The van der Waals surface area contributed by atoms with Gasteiger partial charge in [-0.2, -0.15) is 0 Å². The number of unbranched alkanes of at least 4 members (excludes halogenated alkanes) is 6. The summed E-state index contributed by atoms with van der Waals surface area (Å²) in [7, 11) is 0. The van der Waals surface area contributed by atoms with E-state index in [1.54, 1.807) is 24.3 Å². The summed E-state index contributed by atoms with van der Waals surface area (Å²) in [5.74, 6) is 1.16. The Hall–Kier alpha value is -2.33. The molecule has 1 heterocycles. The maximum atomic E-state index is 12.2. The van der Waals surface area contributed by atoms with Crippen LogP contribution in [0.1, 0.15) is 74.5 Å². The SMILES string of the molecule is CCCCCCCn1c(CCCCCNC(=O)c2ccc(Cl)cc2)nc2ccccc21. The van der Waals surface area contributed by atoms with Crippen molar-refractivity contribution in [3.8, 4) is 0 Å². The number of carbonyl (C=O) groups is 1. The smallest absolute Gasteiger partial charge is 0.251 e. The third-order valence-electron chi connectivity index (χ3n) is 5.69. The lowest BCUT2D eigenvalue weighted by molar-refractivity contribution is 0.0953. The Morgan fingerprint density at radius 1 is 0.935 bits per heavy atom. The molecule has 0 aliphatic carbocycles. The summed E-state index contributed by atoms with van der Waals surface area (Å²) in [6, 6.07) is 15.5. The van der Waals surface area contributed by atoms with Gasteiger partial charge in [-0.15, -0.1) is 0 Å². The third-order valence-corrected chi connectivity index (χ3v) is 5.94. The number of carbonyl (C=O) groups excluding carboxylic acids is 1. The monoisotopic (exact) mass is 439 g/mol. The van der Waals surface area contributed by atoms with Crippen molar-refractivity contribution in [2.45, 2.75) is 71.3 Å². The number of amides is 1. The fraction of sp³-hybridized carbons (Fsp3) is 0.462. The quantitative estimate of drug-likeness (QED) is 0.297. The molecule has 0 spiro atoms. The standard InChI is InChI=1S/C26H34ClN3O/c1-2-3-4-5-11-20-30-24-13-9-8-12-23(24)29-25(30)14-7-6-10-19-28-26(31)21-15-17-22(27)18-16-21/h8-9,12-13,15-18H,2-7,10-11,14,19-20H2,1H3,(H,28,31). The first-order valence-electron chi connectivity index (χ1n) is 11.7. The molecule has 5 heteroatoms. The number of benzene rings is 2. The van der Waals surface area contributed by atoms with Gasteiger partial charge in [-0.25, -0.2) is 4.98 Å². The van der Waals surface area contributed by atoms with Gasteiger partial charge in [0.15, 0.2) is 0 Å². The largest absolute Gasteiger partial charge is 0.352 e. The summed E-state index contributed by atoms with van der Waals surface area (Å²) < 4.78 is 2.42. The molecule has 0 aliphatic rings. The number of hydrogen-bond donors (Lipinski definition) is 1. The van der Waals surface area contributed by atoms with E-state index in [1.807, 2.05) is 0 Å². The molecule has 0 aliphatic heterocycles. The van der Waals surface area contributed by atoms with Gasteiger partial charge in [0.25, 0.3) is 5.91 Å². The number of aryl methyl sites for hydroxylation is 2. The number of para-hydroxylation sites is 2. The van der Waals surface area contributed by atoms with Crippen LogP contribution in [0.3, 0.4) is 0 Å². The highest BCUT2D eigenvalue weighted by molar-refractivity contribution is 6.30. The van der Waals surface area contributed by atoms with Crippen LogP contribution in [0.2, 0.25) is 5.02 Å². The van der Waals surface area contributed by atoms with E-state index in [1.165, 1.54) is 43.4 Å². The Kier molecular flexibility index (Phi) is 9.41. The van der Waals surface area contributed by atoms with Gasteiger partial charge >= 0.3 is 0 Å². The number of imidazole rings is 1. The summed E-state index contributed by atoms with van der Waals surface area (Å²) in [5, 5.41) is 3.63. The van der Waals surface area contributed by atoms with Gasteiger partial charge in [-0.1, -0.05) is 62.8 Å². The maximum absolute atomic E-state index is 12.2. The lowest BCUT2D eigenvalue weighted by Crippen LogP contribution is -2.24. The van der Waals surface area contributed by atoms with E-state index in [-0.39, 0.29) is 5.91 Å². The zero-order valence-electron chi connectivity index (χ0n) is 18.6. The Morgan fingerprint density at radius 3 is 2.48 bits per heavy atom. The van der Waals surface area contributed by atoms with Crippen molar-refractivity contribution in [3.63, 3.8) is 0 Å². The van der Waals surface area contributed by atoms with Gasteiger partial charge in [-0.3, -0.25) is 4.79 Å². The summed E-state index contributed by atoms with van der Waals surface area (Å²) in [6.45, 7) is 4.00. The minimum absolute atomic E-state index is 0.0402. The number of nitrogens with one attached hydrogen (secondary N) is 1. The predicted octanol–water partition coefficient (Wildman–Crippen LogP) is 6.80. The van der Waals surface area contributed by atoms with Crippen molar-refractivity contribution in [2.24, 2.45) is 0 Å². The second-order valence-electron chi connectivity index (χ2n) is 8.16. The second kappa shape index (κ2) is 12.5. The maximum Gasteiger partial charge on any atom is 0.251 e. The van der Waals surface area contributed by atoms with Gasteiger partial charge in [-0.05, 0) is 55.7 Å². The normalized spacial score (nSPS) is 11.2. The van der Waals surface area contributed by atoms with Crippen LogP contribution in [0.5, 0.6) is 0 Å². The van der Waals surface area contributed by atoms with E-state index in [0.29, 0.717) is 17.1 Å². The van der Waals surface area contributed by atoms with E-state index >= 15 is 0 Å². The molecule has 4 nitrogen and oxygen atoms in total. The Balaban J connectivity index is 1.44. The molecule has 0 atom stereocenters. The summed E-state index contributed by atoms with van der Waals surface area (Å²) in [4.78, 5) is 17.1. The van der Waals surface area contributed by atoms with Crippen molar-refractivity contribution >= 4 is 28.5 Å². The number of nitrogens with zero attached hydrogens (tertiary/aromatic N) is 2. The van der Waals surface area contributed by atoms with Crippen LogP contribution in [0.25, 0.3) is 11.0 Å². The number of hydrogen-bond acceptors (Lipinski definition) is 2. The highest BCUT2D eigenvalue weighted by atomic mass is 35.5. The molecule has 1 N–H and O–H groups in total. The first-order valence-corrected chi connectivity index (χ1v) is 12.0. The molecule has 0 saturated heterocycles. The van der Waals surface area contributed by atoms with Crippen molar-refractivity contribution in [3.05, 3.63) is 64.9 Å². The number of halogens is 1. The van der Waals surface area contributed by atoms with Crippen LogP contribution in [0.4, 0.5) is 0 Å². The van der Waals surface area contributed by atoms with Crippen LogP contribution >= 0.6 is 11.6 Å². The Labute approximate surface area is 191 Å². The molecule has 3 rings (SSSR count). The van der Waals surface area contributed by atoms with Gasteiger partial charge < -0.3 is 9.88 Å². The minimum Gasteiger partial charge on any atom is -0.352 e. The second-order valence-corrected chi connectivity index (χ2v) is 8.59. The topological polar surface area (TPSA) is 46.9 Å². The van der Waals surface area contributed by atoms with Gasteiger partial charge in [0.1, 0.15) is 5.82 Å². The van der Waals surface area contributed by atoms with Crippen LogP contribution < -0.4 is 5.32 Å². The first-order chi connectivity index (χ1) is 15.2. The number of rotatable bonds is 13. The molecule has 0 unspecified atom stereocenters. The lowest BCUT2D eigenvalue weighted by atomic mass is 10.1. The Bertz CT molecular complexity index is 949. The van der Waals surface area contributed by atoms with E-state index in [4.69, 9.17) is 16.6 Å². The summed E-state index contributed by atoms with van der Waals surface area (Å²) >= 11 is 5.87. The predicted molar refractivity (Wildman–Crippen MR) is 130 cm³/mol. The zero-order valence-corrected chi connectivity index (χ0v) is 19.3. The summed E-state index contributed by atoms with van der Waals surface area (Å²) in [5.41, 5.74) is 3.00. The highest BCUT2D eigenvalue weighted by Gasteiger charge is 2.10. The molecule has 1 aromatic heterocycles. The van der Waals surface area contributed by atoms with Gasteiger partial charge in [0.2, 0.25) is 0 Å². The van der Waals surface area contributed by atoms with Crippen molar-refractivity contribution in [1.29, 1.82) is 0 Å². The van der Waals surface area contributed by atoms with Crippen molar-refractivity contribution < 1.29 is 4.79 Å². The molecule has 166 valence electrons. The molecule has 3 aromatic rings. The van der Waals surface area contributed by atoms with E-state index in [2.05, 4.69) is 41.1 Å². The minimum atomic E-state index is -0.0402. The number of aromatic nitrogens is 2. The first kappa shape index (κ1) is 23.3. The van der Waals surface area contributed by atoms with E-state index in [9.17, 15) is 4.79 Å². The average molecular weight is 440 g/mol. The molecule has 0 saturated carbocycles. The van der Waals surface area contributed by atoms with Crippen LogP contribution in [-0.4, -0.2) is 22.0 Å². The van der Waals surface area contributed by atoms with Crippen LogP contribution in [-0.2, 0) is 13.0 Å². The fourth-order valence-electron chi connectivity index (χ4n) is 3.93. The fourth-order valence-corrected chi connectivity index (χ4v) is 4.06. The van der Waals surface area contributed by atoms with Gasteiger partial charge in [0.05, 0.1) is 11.0 Å².